The lowest BCUT2D eigenvalue weighted by molar-refractivity contribution is 0.611. The van der Waals surface area contributed by atoms with E-state index in [-0.39, 0.29) is 0 Å². The second-order valence-electron chi connectivity index (χ2n) is 5.17. The average molecular weight is 287 g/mol. The van der Waals surface area contributed by atoms with Crippen LogP contribution in [0.1, 0.15) is 32.3 Å². The van der Waals surface area contributed by atoms with Gasteiger partial charge in [-0.3, -0.25) is 0 Å². The van der Waals surface area contributed by atoms with Crippen LogP contribution < -0.4 is 10.6 Å². The van der Waals surface area contributed by atoms with Crippen molar-refractivity contribution in [2.75, 3.05) is 11.9 Å². The van der Waals surface area contributed by atoms with Crippen molar-refractivity contribution in [2.24, 2.45) is 5.73 Å². The van der Waals surface area contributed by atoms with Crippen molar-refractivity contribution in [1.29, 1.82) is 0 Å². The van der Waals surface area contributed by atoms with Crippen LogP contribution in [0.15, 0.2) is 30.3 Å². The van der Waals surface area contributed by atoms with Crippen LogP contribution in [0.3, 0.4) is 0 Å². The number of nitrogens with two attached hydrogens (primary N) is 1. The van der Waals surface area contributed by atoms with Crippen LogP contribution in [-0.2, 0) is 0 Å². The number of thiocarbonyl (C=S) groups is 1. The molecule has 4 heteroatoms. The van der Waals surface area contributed by atoms with Gasteiger partial charge in [0.1, 0.15) is 10.8 Å². The van der Waals surface area contributed by atoms with E-state index in [1.165, 1.54) is 0 Å². The molecule has 0 fully saturated rings. The summed E-state index contributed by atoms with van der Waals surface area (Å²) >= 11 is 5.19. The lowest BCUT2D eigenvalue weighted by Crippen LogP contribution is -2.31. The van der Waals surface area contributed by atoms with Crippen LogP contribution in [0.4, 0.5) is 5.82 Å². The van der Waals surface area contributed by atoms with Gasteiger partial charge in [-0.25, -0.2) is 4.98 Å². The zero-order valence-electron chi connectivity index (χ0n) is 12.3. The number of anilines is 1. The fourth-order valence-corrected chi connectivity index (χ4v) is 2.53. The maximum Gasteiger partial charge on any atom is 0.139 e. The molecule has 2 N–H and O–H groups in total. The van der Waals surface area contributed by atoms with Crippen LogP contribution in [0.25, 0.3) is 10.9 Å². The zero-order valence-corrected chi connectivity index (χ0v) is 13.1. The fourth-order valence-electron chi connectivity index (χ4n) is 2.38. The molecular weight excluding hydrogens is 266 g/mol. The molecule has 0 aliphatic carbocycles. The first kappa shape index (κ1) is 14.7. The number of benzene rings is 1. The molecule has 0 saturated heterocycles. The van der Waals surface area contributed by atoms with E-state index in [2.05, 4.69) is 25.8 Å². The number of hydrogen-bond acceptors (Lipinski definition) is 3. The van der Waals surface area contributed by atoms with Gasteiger partial charge >= 0.3 is 0 Å². The summed E-state index contributed by atoms with van der Waals surface area (Å²) in [7, 11) is 2.05. The topological polar surface area (TPSA) is 42.2 Å². The smallest absolute Gasteiger partial charge is 0.139 e. The van der Waals surface area contributed by atoms with Crippen molar-refractivity contribution in [1.82, 2.24) is 4.98 Å². The van der Waals surface area contributed by atoms with Crippen LogP contribution in [-0.4, -0.2) is 23.1 Å². The molecule has 0 radical (unpaired) electrons. The molecule has 0 aliphatic heterocycles. The minimum Gasteiger partial charge on any atom is -0.389 e. The number of fused-ring (bicyclic) bond motifs is 1. The molecule has 1 aromatic heterocycles. The summed E-state index contributed by atoms with van der Waals surface area (Å²) in [5.74, 6) is 0.872. The first-order valence-corrected chi connectivity index (χ1v) is 7.37. The van der Waals surface area contributed by atoms with E-state index >= 15 is 0 Å². The molecular formula is C16H21N3S. The van der Waals surface area contributed by atoms with Gasteiger partial charge in [0.15, 0.2) is 0 Å². The normalized spacial score (nSPS) is 12.3. The summed E-state index contributed by atoms with van der Waals surface area (Å²) in [5, 5.41) is 1.07. The fraction of sp³-hybridized carbons (Fsp3) is 0.375. The molecule has 20 heavy (non-hydrogen) atoms. The lowest BCUT2D eigenvalue weighted by atomic mass is 10.1. The minimum atomic E-state index is 0.397. The second kappa shape index (κ2) is 6.18. The summed E-state index contributed by atoms with van der Waals surface area (Å²) in [6.07, 6.45) is 2.25. The summed E-state index contributed by atoms with van der Waals surface area (Å²) in [5.41, 5.74) is 7.70. The van der Waals surface area contributed by atoms with E-state index in [1.54, 1.807) is 0 Å². The van der Waals surface area contributed by atoms with E-state index in [9.17, 15) is 0 Å². The van der Waals surface area contributed by atoms with Crippen LogP contribution in [0, 0.1) is 0 Å². The maximum atomic E-state index is 5.88. The number of rotatable bonds is 5. The second-order valence-corrected chi connectivity index (χ2v) is 5.60. The van der Waals surface area contributed by atoms with Gasteiger partial charge in [-0.15, -0.1) is 0 Å². The molecule has 1 aromatic carbocycles. The SMILES string of the molecule is CCCC(C)N(C)c1nc2ccccc2cc1C(N)=S. The third-order valence-electron chi connectivity index (χ3n) is 3.67. The maximum absolute atomic E-state index is 5.88. The standard InChI is InChI=1S/C16H21N3S/c1-4-7-11(2)19(3)16-13(15(17)20)10-12-8-5-6-9-14(12)18-16/h5-6,8-11H,4,7H2,1-3H3,(H2,17,20). The van der Waals surface area contributed by atoms with E-state index < -0.39 is 0 Å². The molecule has 2 rings (SSSR count). The van der Waals surface area contributed by atoms with Gasteiger partial charge in [-0.1, -0.05) is 43.8 Å². The number of nitrogens with zero attached hydrogens (tertiary/aromatic N) is 2. The quantitative estimate of drug-likeness (QED) is 0.855. The highest BCUT2D eigenvalue weighted by molar-refractivity contribution is 7.80. The molecule has 1 unspecified atom stereocenters. The molecule has 106 valence electrons. The van der Waals surface area contributed by atoms with Gasteiger partial charge in [-0.2, -0.15) is 0 Å². The Morgan fingerprint density at radius 1 is 1.40 bits per heavy atom. The molecule has 1 heterocycles. The average Bonchev–Trinajstić information content (AvgIpc) is 2.45. The molecule has 1 atom stereocenters. The van der Waals surface area contributed by atoms with Crippen LogP contribution in [0.2, 0.25) is 0 Å². The number of aromatic nitrogens is 1. The van der Waals surface area contributed by atoms with E-state index in [4.69, 9.17) is 22.9 Å². The van der Waals surface area contributed by atoms with Crippen LogP contribution in [0.5, 0.6) is 0 Å². The molecule has 3 nitrogen and oxygen atoms in total. The van der Waals surface area contributed by atoms with Crippen LogP contribution >= 0.6 is 12.2 Å². The van der Waals surface area contributed by atoms with Gasteiger partial charge in [0.05, 0.1) is 11.1 Å². The highest BCUT2D eigenvalue weighted by atomic mass is 32.1. The predicted molar refractivity (Wildman–Crippen MR) is 90.4 cm³/mol. The summed E-state index contributed by atoms with van der Waals surface area (Å²) < 4.78 is 0. The predicted octanol–water partition coefficient (Wildman–Crippen LogP) is 3.49. The molecule has 0 spiro atoms. The molecule has 2 aromatic rings. The Labute approximate surface area is 125 Å². The first-order chi connectivity index (χ1) is 9.54. The van der Waals surface area contributed by atoms with E-state index in [1.807, 2.05) is 30.3 Å². The van der Waals surface area contributed by atoms with Gasteiger partial charge in [0, 0.05) is 18.5 Å². The summed E-state index contributed by atoms with van der Waals surface area (Å²) in [6, 6.07) is 10.5. The van der Waals surface area contributed by atoms with Crippen molar-refractivity contribution in [3.63, 3.8) is 0 Å². The van der Waals surface area contributed by atoms with E-state index in [0.29, 0.717) is 11.0 Å². The third-order valence-corrected chi connectivity index (χ3v) is 3.89. The molecule has 0 aliphatic rings. The van der Waals surface area contributed by atoms with Crippen molar-refractivity contribution < 1.29 is 0 Å². The largest absolute Gasteiger partial charge is 0.389 e. The zero-order chi connectivity index (χ0) is 14.7. The molecule has 0 amide bonds. The van der Waals surface area contributed by atoms with Crippen molar-refractivity contribution >= 4 is 33.9 Å². The van der Waals surface area contributed by atoms with Crippen molar-refractivity contribution in [3.8, 4) is 0 Å². The number of para-hydroxylation sites is 1. The molecule has 0 saturated carbocycles. The number of hydrogen-bond donors (Lipinski definition) is 1. The Hall–Kier alpha value is -1.68. The lowest BCUT2D eigenvalue weighted by Gasteiger charge is -2.27. The highest BCUT2D eigenvalue weighted by Gasteiger charge is 2.17. The third kappa shape index (κ3) is 2.90. The van der Waals surface area contributed by atoms with Gasteiger partial charge in [0.2, 0.25) is 0 Å². The minimum absolute atomic E-state index is 0.397. The summed E-state index contributed by atoms with van der Waals surface area (Å²) in [4.78, 5) is 7.33. The van der Waals surface area contributed by atoms with Gasteiger partial charge in [-0.05, 0) is 25.5 Å². The Balaban J connectivity index is 2.54. The van der Waals surface area contributed by atoms with E-state index in [0.717, 1.165) is 35.1 Å². The molecule has 0 bridgehead atoms. The monoisotopic (exact) mass is 287 g/mol. The summed E-state index contributed by atoms with van der Waals surface area (Å²) in [6.45, 7) is 4.39. The Bertz CT molecular complexity index is 624. The van der Waals surface area contributed by atoms with Crippen molar-refractivity contribution in [3.05, 3.63) is 35.9 Å². The Kier molecular flexibility index (Phi) is 4.55. The van der Waals surface area contributed by atoms with Crippen molar-refractivity contribution in [2.45, 2.75) is 32.7 Å². The highest BCUT2D eigenvalue weighted by Crippen LogP contribution is 2.25. The Morgan fingerprint density at radius 2 is 2.10 bits per heavy atom. The van der Waals surface area contributed by atoms with Gasteiger partial charge in [0.25, 0.3) is 0 Å². The van der Waals surface area contributed by atoms with Gasteiger partial charge < -0.3 is 10.6 Å². The Morgan fingerprint density at radius 3 is 2.75 bits per heavy atom. The first-order valence-electron chi connectivity index (χ1n) is 6.97. The number of pyridine rings is 1.